The van der Waals surface area contributed by atoms with Crippen LogP contribution in [0.3, 0.4) is 0 Å². The summed E-state index contributed by atoms with van der Waals surface area (Å²) in [7, 11) is 5.13. The monoisotopic (exact) mass is 385 g/mol. The molecule has 0 bridgehead atoms. The molecule has 20 heavy (non-hydrogen) atoms. The zero-order valence-corrected chi connectivity index (χ0v) is 13.8. The van der Waals surface area contributed by atoms with Gasteiger partial charge in [-0.05, 0) is 34.7 Å². The van der Waals surface area contributed by atoms with E-state index in [1.165, 1.54) is 0 Å². The Morgan fingerprint density at radius 3 is 2.60 bits per heavy atom. The molecular weight excluding hydrogens is 369 g/mol. The lowest BCUT2D eigenvalue weighted by atomic mass is 10.2. The molecule has 0 atom stereocenters. The van der Waals surface area contributed by atoms with Crippen molar-refractivity contribution in [2.24, 2.45) is 0 Å². The summed E-state index contributed by atoms with van der Waals surface area (Å²) < 4.78 is 11.5. The lowest BCUT2D eigenvalue weighted by Crippen LogP contribution is -2.06. The highest BCUT2D eigenvalue weighted by atomic mass is 127. The van der Waals surface area contributed by atoms with Crippen LogP contribution < -0.4 is 10.1 Å². The molecule has 0 fully saturated rings. The van der Waals surface area contributed by atoms with Gasteiger partial charge < -0.3 is 14.8 Å². The number of nitrogens with zero attached hydrogens (tertiary/aromatic N) is 2. The van der Waals surface area contributed by atoms with Crippen molar-refractivity contribution in [1.29, 1.82) is 0 Å². The molecule has 0 saturated heterocycles. The van der Waals surface area contributed by atoms with E-state index in [2.05, 4.69) is 37.9 Å². The fourth-order valence-electron chi connectivity index (χ4n) is 1.84. The van der Waals surface area contributed by atoms with Gasteiger partial charge in [-0.25, -0.2) is 9.97 Å². The SMILES string of the molecule is CNc1nc(-c2ccccc2OC)nc(COC)c1I. The van der Waals surface area contributed by atoms with Gasteiger partial charge in [0.1, 0.15) is 11.6 Å². The number of ether oxygens (including phenoxy) is 2. The van der Waals surface area contributed by atoms with Crippen molar-refractivity contribution in [1.82, 2.24) is 9.97 Å². The minimum absolute atomic E-state index is 0.442. The van der Waals surface area contributed by atoms with Crippen molar-refractivity contribution in [2.75, 3.05) is 26.6 Å². The maximum Gasteiger partial charge on any atom is 0.165 e. The Balaban J connectivity index is 2.59. The smallest absolute Gasteiger partial charge is 0.165 e. The van der Waals surface area contributed by atoms with Crippen LogP contribution in [0, 0.1) is 3.57 Å². The average Bonchev–Trinajstić information content (AvgIpc) is 2.49. The lowest BCUT2D eigenvalue weighted by molar-refractivity contribution is 0.181. The highest BCUT2D eigenvalue weighted by molar-refractivity contribution is 14.1. The largest absolute Gasteiger partial charge is 0.496 e. The van der Waals surface area contributed by atoms with E-state index in [1.807, 2.05) is 31.3 Å². The maximum atomic E-state index is 5.37. The van der Waals surface area contributed by atoms with Crippen molar-refractivity contribution in [2.45, 2.75) is 6.61 Å². The molecule has 0 amide bonds. The zero-order valence-electron chi connectivity index (χ0n) is 11.6. The molecule has 2 rings (SSSR count). The second kappa shape index (κ2) is 6.85. The first-order chi connectivity index (χ1) is 9.71. The van der Waals surface area contributed by atoms with E-state index in [4.69, 9.17) is 9.47 Å². The Morgan fingerprint density at radius 2 is 1.95 bits per heavy atom. The Bertz CT molecular complexity index is 605. The summed E-state index contributed by atoms with van der Waals surface area (Å²) in [5.74, 6) is 2.16. The molecule has 5 nitrogen and oxygen atoms in total. The number of aromatic nitrogens is 2. The van der Waals surface area contributed by atoms with Crippen molar-refractivity contribution in [3.05, 3.63) is 33.5 Å². The number of hydrogen-bond donors (Lipinski definition) is 1. The Kier molecular flexibility index (Phi) is 5.13. The van der Waals surface area contributed by atoms with Gasteiger partial charge in [-0.1, -0.05) is 12.1 Å². The molecular formula is C14H16IN3O2. The first-order valence-electron chi connectivity index (χ1n) is 6.07. The number of methoxy groups -OCH3 is 2. The second-order valence-electron chi connectivity index (χ2n) is 4.04. The summed E-state index contributed by atoms with van der Waals surface area (Å²) in [6.45, 7) is 0.442. The van der Waals surface area contributed by atoms with Crippen LogP contribution in [-0.4, -0.2) is 31.2 Å². The minimum Gasteiger partial charge on any atom is -0.496 e. The summed E-state index contributed by atoms with van der Waals surface area (Å²) >= 11 is 2.22. The molecule has 0 saturated carbocycles. The van der Waals surface area contributed by atoms with Gasteiger partial charge in [-0.15, -0.1) is 0 Å². The van der Waals surface area contributed by atoms with Gasteiger partial charge in [0.05, 0.1) is 28.5 Å². The normalized spacial score (nSPS) is 10.4. The second-order valence-corrected chi connectivity index (χ2v) is 5.12. The van der Waals surface area contributed by atoms with Crippen LogP contribution in [0.5, 0.6) is 5.75 Å². The number of benzene rings is 1. The molecule has 0 aliphatic rings. The number of para-hydroxylation sites is 1. The molecule has 2 aromatic rings. The third-order valence-corrected chi connectivity index (χ3v) is 3.92. The van der Waals surface area contributed by atoms with E-state index in [9.17, 15) is 0 Å². The van der Waals surface area contributed by atoms with Gasteiger partial charge >= 0.3 is 0 Å². The van der Waals surface area contributed by atoms with E-state index >= 15 is 0 Å². The summed E-state index contributed by atoms with van der Waals surface area (Å²) in [4.78, 5) is 9.13. The van der Waals surface area contributed by atoms with Gasteiger partial charge in [0.2, 0.25) is 0 Å². The Labute approximate surface area is 131 Å². The predicted molar refractivity (Wildman–Crippen MR) is 87.0 cm³/mol. The van der Waals surface area contributed by atoms with Gasteiger partial charge in [-0.3, -0.25) is 0 Å². The molecule has 6 heteroatoms. The van der Waals surface area contributed by atoms with Crippen LogP contribution in [0.25, 0.3) is 11.4 Å². The van der Waals surface area contributed by atoms with E-state index in [1.54, 1.807) is 14.2 Å². The van der Waals surface area contributed by atoms with E-state index in [0.717, 1.165) is 26.4 Å². The number of rotatable bonds is 5. The molecule has 0 spiro atoms. The van der Waals surface area contributed by atoms with E-state index < -0.39 is 0 Å². The third kappa shape index (κ3) is 3.01. The number of halogens is 1. The summed E-state index contributed by atoms with van der Waals surface area (Å²) in [5, 5.41) is 3.09. The van der Waals surface area contributed by atoms with Crippen LogP contribution in [0.1, 0.15) is 5.69 Å². The molecule has 0 radical (unpaired) electrons. The average molecular weight is 385 g/mol. The highest BCUT2D eigenvalue weighted by Crippen LogP contribution is 2.30. The number of hydrogen-bond acceptors (Lipinski definition) is 5. The van der Waals surface area contributed by atoms with Crippen molar-refractivity contribution < 1.29 is 9.47 Å². The van der Waals surface area contributed by atoms with Crippen LogP contribution in [0.15, 0.2) is 24.3 Å². The third-order valence-electron chi connectivity index (χ3n) is 2.79. The molecule has 1 aromatic carbocycles. The summed E-state index contributed by atoms with van der Waals surface area (Å²) in [6, 6.07) is 7.70. The van der Waals surface area contributed by atoms with E-state index in [-0.39, 0.29) is 0 Å². The topological polar surface area (TPSA) is 56.3 Å². The van der Waals surface area contributed by atoms with E-state index in [0.29, 0.717) is 12.4 Å². The molecule has 1 N–H and O–H groups in total. The number of nitrogens with one attached hydrogen (secondary N) is 1. The van der Waals surface area contributed by atoms with Gasteiger partial charge in [0, 0.05) is 14.2 Å². The maximum absolute atomic E-state index is 5.37. The van der Waals surface area contributed by atoms with Gasteiger partial charge in [0.25, 0.3) is 0 Å². The van der Waals surface area contributed by atoms with Gasteiger partial charge in [-0.2, -0.15) is 0 Å². The standard InChI is InChI=1S/C14H16IN3O2/c1-16-14-12(15)10(8-19-2)17-13(18-14)9-6-4-5-7-11(9)20-3/h4-7H,8H2,1-3H3,(H,16,17,18). The summed E-state index contributed by atoms with van der Waals surface area (Å²) in [6.07, 6.45) is 0. The molecule has 1 aromatic heterocycles. The van der Waals surface area contributed by atoms with Crippen molar-refractivity contribution in [3.63, 3.8) is 0 Å². The zero-order chi connectivity index (χ0) is 14.5. The summed E-state index contributed by atoms with van der Waals surface area (Å²) in [5.41, 5.74) is 1.72. The molecule has 0 aliphatic heterocycles. The van der Waals surface area contributed by atoms with Crippen LogP contribution in [-0.2, 0) is 11.3 Å². The van der Waals surface area contributed by atoms with Crippen LogP contribution in [0.4, 0.5) is 5.82 Å². The highest BCUT2D eigenvalue weighted by Gasteiger charge is 2.15. The van der Waals surface area contributed by atoms with Gasteiger partial charge in [0.15, 0.2) is 5.82 Å². The first kappa shape index (κ1) is 15.0. The van der Waals surface area contributed by atoms with Crippen molar-refractivity contribution >= 4 is 28.4 Å². The first-order valence-corrected chi connectivity index (χ1v) is 7.15. The quantitative estimate of drug-likeness (QED) is 0.803. The van der Waals surface area contributed by atoms with Crippen LogP contribution in [0.2, 0.25) is 0 Å². The van der Waals surface area contributed by atoms with Crippen LogP contribution >= 0.6 is 22.6 Å². The minimum atomic E-state index is 0.442. The fraction of sp³-hybridized carbons (Fsp3) is 0.286. The van der Waals surface area contributed by atoms with Crippen molar-refractivity contribution in [3.8, 4) is 17.1 Å². The molecule has 1 heterocycles. The molecule has 106 valence electrons. The lowest BCUT2D eigenvalue weighted by Gasteiger charge is -2.12. The Morgan fingerprint density at radius 1 is 1.20 bits per heavy atom. The fourth-order valence-corrected chi connectivity index (χ4v) is 2.51. The molecule has 0 aliphatic carbocycles. The predicted octanol–water partition coefficient (Wildman–Crippen LogP) is 2.94. The number of anilines is 1. The molecule has 0 unspecified atom stereocenters. The Hall–Kier alpha value is -1.41.